The van der Waals surface area contributed by atoms with Gasteiger partial charge in [0.1, 0.15) is 35.7 Å². The molecule has 1 heterocycles. The van der Waals surface area contributed by atoms with Crippen LogP contribution in [0, 0.1) is 28.7 Å². The van der Waals surface area contributed by atoms with Crippen LogP contribution in [0.15, 0.2) is 54.6 Å². The first-order valence-corrected chi connectivity index (χ1v) is 11.1. The Hall–Kier alpha value is -3.89. The molecular formula is C26H24F2N2O6. The lowest BCUT2D eigenvalue weighted by atomic mass is 9.97. The number of nitro groups is 1. The predicted molar refractivity (Wildman–Crippen MR) is 128 cm³/mol. The smallest absolute Gasteiger partial charge is 0.282 e. The summed E-state index contributed by atoms with van der Waals surface area (Å²) in [5.74, 6) is -2.45. The molecule has 1 fully saturated rings. The molecule has 1 unspecified atom stereocenters. The van der Waals surface area contributed by atoms with E-state index >= 15 is 0 Å². The van der Waals surface area contributed by atoms with E-state index in [1.165, 1.54) is 24.3 Å². The Bertz CT molecular complexity index is 1330. The van der Waals surface area contributed by atoms with Crippen LogP contribution < -0.4 is 10.1 Å². The molecule has 10 heteroatoms. The number of aryl methyl sites for hydroxylation is 1. The van der Waals surface area contributed by atoms with Gasteiger partial charge in [-0.3, -0.25) is 14.9 Å². The van der Waals surface area contributed by atoms with Crippen LogP contribution in [-0.4, -0.2) is 35.8 Å². The lowest BCUT2D eigenvalue weighted by Crippen LogP contribution is -2.25. The van der Waals surface area contributed by atoms with Gasteiger partial charge in [-0.15, -0.1) is 0 Å². The van der Waals surface area contributed by atoms with Gasteiger partial charge in [0.2, 0.25) is 0 Å². The Morgan fingerprint density at radius 2 is 1.92 bits per heavy atom. The third kappa shape index (κ3) is 5.67. The number of hydrogen-bond donors (Lipinski definition) is 1. The summed E-state index contributed by atoms with van der Waals surface area (Å²) in [5.41, 5.74) is 0.352. The molecule has 0 saturated carbocycles. The number of nitrogens with zero attached hydrogens (tertiary/aromatic N) is 1. The molecule has 3 aromatic rings. The molecule has 1 N–H and O–H groups in total. The fourth-order valence-corrected chi connectivity index (χ4v) is 3.81. The average molecular weight is 498 g/mol. The van der Waals surface area contributed by atoms with E-state index in [2.05, 4.69) is 5.32 Å². The van der Waals surface area contributed by atoms with Gasteiger partial charge in [0.15, 0.2) is 11.6 Å². The molecule has 8 nitrogen and oxygen atoms in total. The fraction of sp³-hybridized carbons (Fsp3) is 0.269. The molecule has 1 atom stereocenters. The van der Waals surface area contributed by atoms with E-state index in [4.69, 9.17) is 14.2 Å². The minimum Gasteiger partial charge on any atom is -0.491 e. The summed E-state index contributed by atoms with van der Waals surface area (Å²) in [5, 5.41) is 14.4. The van der Waals surface area contributed by atoms with Crippen molar-refractivity contribution in [3.8, 4) is 5.75 Å². The van der Waals surface area contributed by atoms with Gasteiger partial charge in [-0.1, -0.05) is 6.07 Å². The molecule has 1 saturated heterocycles. The summed E-state index contributed by atoms with van der Waals surface area (Å²) < 4.78 is 44.2. The van der Waals surface area contributed by atoms with Crippen molar-refractivity contribution in [2.45, 2.75) is 32.7 Å². The van der Waals surface area contributed by atoms with Crippen LogP contribution in [0.5, 0.6) is 5.75 Å². The summed E-state index contributed by atoms with van der Waals surface area (Å²) in [6.07, 6.45) is -0.271. The zero-order chi connectivity index (χ0) is 26.0. The molecule has 3 aromatic carbocycles. The fourth-order valence-electron chi connectivity index (χ4n) is 3.81. The monoisotopic (exact) mass is 498 g/mol. The Balaban J connectivity index is 1.56. The summed E-state index contributed by atoms with van der Waals surface area (Å²) in [7, 11) is 0. The lowest BCUT2D eigenvalue weighted by Gasteiger charge is -2.17. The third-order valence-corrected chi connectivity index (χ3v) is 5.61. The molecule has 0 aromatic heterocycles. The minimum absolute atomic E-state index is 0.0644. The highest BCUT2D eigenvalue weighted by Crippen LogP contribution is 2.30. The van der Waals surface area contributed by atoms with Crippen molar-refractivity contribution in [3.05, 3.63) is 93.0 Å². The number of anilines is 2. The Kier molecular flexibility index (Phi) is 7.00. The number of carbonyl (C=O) groups is 1. The van der Waals surface area contributed by atoms with Crippen molar-refractivity contribution in [2.75, 3.05) is 18.5 Å². The van der Waals surface area contributed by atoms with E-state index in [1.54, 1.807) is 32.9 Å². The third-order valence-electron chi connectivity index (χ3n) is 5.61. The van der Waals surface area contributed by atoms with Crippen LogP contribution in [0.3, 0.4) is 0 Å². The first-order chi connectivity index (χ1) is 17.0. The number of hydrogen-bond acceptors (Lipinski definition) is 7. The molecule has 0 radical (unpaired) electrons. The molecule has 1 aliphatic heterocycles. The number of ketones is 1. The minimum atomic E-state index is -0.858. The van der Waals surface area contributed by atoms with E-state index in [9.17, 15) is 23.7 Å². The quantitative estimate of drug-likeness (QED) is 0.242. The van der Waals surface area contributed by atoms with Crippen molar-refractivity contribution in [1.29, 1.82) is 0 Å². The van der Waals surface area contributed by atoms with Crippen molar-refractivity contribution < 1.29 is 32.7 Å². The van der Waals surface area contributed by atoms with Crippen LogP contribution in [-0.2, 0) is 9.47 Å². The van der Waals surface area contributed by atoms with Crippen LogP contribution in [0.2, 0.25) is 0 Å². The number of carbonyl (C=O) groups excluding carboxylic acids is 1. The summed E-state index contributed by atoms with van der Waals surface area (Å²) >= 11 is 0. The van der Waals surface area contributed by atoms with Gasteiger partial charge in [-0.25, -0.2) is 8.78 Å². The highest BCUT2D eigenvalue weighted by Gasteiger charge is 2.33. The molecule has 1 aliphatic rings. The molecule has 0 aliphatic carbocycles. The van der Waals surface area contributed by atoms with Gasteiger partial charge >= 0.3 is 0 Å². The number of benzene rings is 3. The Morgan fingerprint density at radius 3 is 2.58 bits per heavy atom. The molecule has 0 bridgehead atoms. The highest BCUT2D eigenvalue weighted by molar-refractivity contribution is 6.12. The maximum absolute atomic E-state index is 14.0. The molecular weight excluding hydrogens is 474 g/mol. The van der Waals surface area contributed by atoms with Crippen molar-refractivity contribution in [2.24, 2.45) is 0 Å². The normalized spacial score (nSPS) is 16.5. The van der Waals surface area contributed by atoms with Crippen molar-refractivity contribution in [3.63, 3.8) is 0 Å². The highest BCUT2D eigenvalue weighted by atomic mass is 19.1. The summed E-state index contributed by atoms with van der Waals surface area (Å²) in [6, 6.07) is 11.7. The molecule has 0 amide bonds. The van der Waals surface area contributed by atoms with Crippen LogP contribution in [0.4, 0.5) is 25.8 Å². The molecule has 4 rings (SSSR count). The zero-order valence-corrected chi connectivity index (χ0v) is 19.8. The number of rotatable bonds is 8. The maximum Gasteiger partial charge on any atom is 0.282 e. The Labute approximate surface area is 205 Å². The first kappa shape index (κ1) is 25.2. The van der Waals surface area contributed by atoms with Gasteiger partial charge in [0, 0.05) is 23.4 Å². The number of halogens is 2. The van der Waals surface area contributed by atoms with Crippen molar-refractivity contribution >= 4 is 22.8 Å². The largest absolute Gasteiger partial charge is 0.491 e. The predicted octanol–water partition coefficient (Wildman–Crippen LogP) is 5.69. The van der Waals surface area contributed by atoms with Gasteiger partial charge in [0.05, 0.1) is 17.2 Å². The molecule has 188 valence electrons. The van der Waals surface area contributed by atoms with E-state index in [1.807, 2.05) is 0 Å². The second kappa shape index (κ2) is 10.00. The van der Waals surface area contributed by atoms with Gasteiger partial charge in [-0.2, -0.15) is 0 Å². The van der Waals surface area contributed by atoms with Crippen LogP contribution in [0.25, 0.3) is 0 Å². The standard InChI is InChI=1S/C26H24F2N2O6/c1-15-4-7-18(34-13-19-14-35-26(2,3)36-19)12-21(15)25(31)20-8-6-17(11-24(20)30(32)33)29-23-9-5-16(27)10-22(23)28/h4-12,19,29H,13-14H2,1-3H3. The van der Waals surface area contributed by atoms with E-state index in [0.29, 0.717) is 24.0 Å². The second-order valence-corrected chi connectivity index (χ2v) is 8.81. The van der Waals surface area contributed by atoms with Crippen LogP contribution in [0.1, 0.15) is 35.3 Å². The van der Waals surface area contributed by atoms with E-state index < -0.39 is 33.8 Å². The summed E-state index contributed by atoms with van der Waals surface area (Å²) in [4.78, 5) is 24.4. The Morgan fingerprint density at radius 1 is 1.14 bits per heavy atom. The number of ether oxygens (including phenoxy) is 3. The van der Waals surface area contributed by atoms with Crippen LogP contribution >= 0.6 is 0 Å². The molecule has 0 spiro atoms. The van der Waals surface area contributed by atoms with E-state index in [0.717, 1.165) is 12.1 Å². The summed E-state index contributed by atoms with van der Waals surface area (Å²) in [6.45, 7) is 5.91. The van der Waals surface area contributed by atoms with Gasteiger partial charge in [-0.05, 0) is 62.7 Å². The average Bonchev–Trinajstić information content (AvgIpc) is 3.18. The van der Waals surface area contributed by atoms with Gasteiger partial charge in [0.25, 0.3) is 5.69 Å². The second-order valence-electron chi connectivity index (χ2n) is 8.81. The SMILES string of the molecule is Cc1ccc(OCC2COC(C)(C)O2)cc1C(=O)c1ccc(Nc2ccc(F)cc2F)cc1[N+](=O)[O-]. The number of nitro benzene ring substituents is 1. The van der Waals surface area contributed by atoms with Crippen molar-refractivity contribution in [1.82, 2.24) is 0 Å². The maximum atomic E-state index is 14.0. The topological polar surface area (TPSA) is 99.9 Å². The van der Waals surface area contributed by atoms with Gasteiger partial charge < -0.3 is 19.5 Å². The zero-order valence-electron chi connectivity index (χ0n) is 19.8. The number of nitrogens with one attached hydrogen (secondary N) is 1. The molecule has 36 heavy (non-hydrogen) atoms. The lowest BCUT2D eigenvalue weighted by molar-refractivity contribution is -0.385. The van der Waals surface area contributed by atoms with E-state index in [-0.39, 0.29) is 35.2 Å². The first-order valence-electron chi connectivity index (χ1n) is 11.1.